The summed E-state index contributed by atoms with van der Waals surface area (Å²) in [5.74, 6) is 0.0833. The number of esters is 1. The van der Waals surface area contributed by atoms with Crippen molar-refractivity contribution < 1.29 is 9.53 Å². The van der Waals surface area contributed by atoms with Gasteiger partial charge in [0.15, 0.2) is 0 Å². The highest BCUT2D eigenvalue weighted by molar-refractivity contribution is 5.85. The smallest absolute Gasteiger partial charge is 0.323 e. The molecule has 0 aromatic heterocycles. The molecular formula is C12H16ClNO2. The molecule has 88 valence electrons. The largest absolute Gasteiger partial charge is 0.468 e. The summed E-state index contributed by atoms with van der Waals surface area (Å²) in [4.78, 5) is 11.5. The number of carbonyl (C=O) groups excluding carboxylic acids is 1. The second kappa shape index (κ2) is 5.87. The molecule has 1 aromatic rings. The van der Waals surface area contributed by atoms with E-state index < -0.39 is 0 Å². The van der Waals surface area contributed by atoms with Crippen LogP contribution in [0.3, 0.4) is 0 Å². The number of hydrogen-bond acceptors (Lipinski definition) is 3. The molecule has 1 saturated heterocycles. The topological polar surface area (TPSA) is 38.3 Å². The van der Waals surface area contributed by atoms with Crippen LogP contribution in [-0.2, 0) is 9.53 Å². The fourth-order valence-electron chi connectivity index (χ4n) is 2.14. The van der Waals surface area contributed by atoms with Crippen LogP contribution in [-0.4, -0.2) is 25.7 Å². The van der Waals surface area contributed by atoms with Crippen LogP contribution in [0.4, 0.5) is 0 Å². The lowest BCUT2D eigenvalue weighted by molar-refractivity contribution is -0.143. The normalized spacial score (nSPS) is 23.6. The van der Waals surface area contributed by atoms with Crippen LogP contribution >= 0.6 is 12.4 Å². The number of rotatable bonds is 2. The highest BCUT2D eigenvalue weighted by Gasteiger charge is 2.34. The minimum absolute atomic E-state index is 0. The van der Waals surface area contributed by atoms with E-state index in [-0.39, 0.29) is 30.3 Å². The molecule has 4 heteroatoms. The Morgan fingerprint density at radius 1 is 1.38 bits per heavy atom. The van der Waals surface area contributed by atoms with Crippen LogP contribution in [0.1, 0.15) is 17.9 Å². The van der Waals surface area contributed by atoms with E-state index in [1.165, 1.54) is 12.7 Å². The first kappa shape index (κ1) is 13.0. The molecule has 1 aromatic carbocycles. The van der Waals surface area contributed by atoms with E-state index in [0.717, 1.165) is 13.0 Å². The van der Waals surface area contributed by atoms with Gasteiger partial charge in [-0.3, -0.25) is 4.79 Å². The van der Waals surface area contributed by atoms with Crippen LogP contribution in [0.25, 0.3) is 0 Å². The predicted molar refractivity (Wildman–Crippen MR) is 64.9 cm³/mol. The summed E-state index contributed by atoms with van der Waals surface area (Å²) in [6.45, 7) is 0.874. The number of carbonyl (C=O) groups is 1. The summed E-state index contributed by atoms with van der Waals surface area (Å²) in [6, 6.07) is 9.93. The van der Waals surface area contributed by atoms with E-state index in [4.69, 9.17) is 4.74 Å². The van der Waals surface area contributed by atoms with Gasteiger partial charge in [0, 0.05) is 5.92 Å². The molecule has 1 aliphatic heterocycles. The van der Waals surface area contributed by atoms with Gasteiger partial charge >= 0.3 is 5.97 Å². The number of methoxy groups -OCH3 is 1. The van der Waals surface area contributed by atoms with Crippen molar-refractivity contribution in [2.45, 2.75) is 18.4 Å². The first-order chi connectivity index (χ1) is 7.33. The van der Waals surface area contributed by atoms with Crippen LogP contribution in [0.2, 0.25) is 0 Å². The molecular weight excluding hydrogens is 226 g/mol. The molecule has 2 rings (SSSR count). The molecule has 0 amide bonds. The lowest BCUT2D eigenvalue weighted by atomic mass is 9.92. The van der Waals surface area contributed by atoms with Gasteiger partial charge in [-0.25, -0.2) is 0 Å². The molecule has 3 nitrogen and oxygen atoms in total. The van der Waals surface area contributed by atoms with Crippen molar-refractivity contribution in [1.29, 1.82) is 0 Å². The second-order valence-corrected chi connectivity index (χ2v) is 3.76. The second-order valence-electron chi connectivity index (χ2n) is 3.76. The summed E-state index contributed by atoms with van der Waals surface area (Å²) >= 11 is 0. The first-order valence-corrected chi connectivity index (χ1v) is 5.19. The molecule has 1 aliphatic rings. The van der Waals surface area contributed by atoms with Gasteiger partial charge < -0.3 is 10.1 Å². The van der Waals surface area contributed by atoms with Gasteiger partial charge in [-0.2, -0.15) is 0 Å². The highest BCUT2D eigenvalue weighted by atomic mass is 35.5. The number of benzene rings is 1. The van der Waals surface area contributed by atoms with Crippen molar-refractivity contribution in [2.75, 3.05) is 13.7 Å². The summed E-state index contributed by atoms with van der Waals surface area (Å²) in [5, 5.41) is 3.18. The Balaban J connectivity index is 0.00000128. The van der Waals surface area contributed by atoms with Gasteiger partial charge in [0.25, 0.3) is 0 Å². The van der Waals surface area contributed by atoms with Crippen molar-refractivity contribution in [3.63, 3.8) is 0 Å². The summed E-state index contributed by atoms with van der Waals surface area (Å²) in [6.07, 6.45) is 0.990. The zero-order chi connectivity index (χ0) is 10.7. The maximum atomic E-state index is 11.5. The van der Waals surface area contributed by atoms with Gasteiger partial charge in [0.05, 0.1) is 7.11 Å². The van der Waals surface area contributed by atoms with Crippen LogP contribution in [0.15, 0.2) is 30.3 Å². The zero-order valence-corrected chi connectivity index (χ0v) is 10.00. The number of hydrogen-bond donors (Lipinski definition) is 1. The predicted octanol–water partition coefficient (Wildman–Crippen LogP) is 1.73. The van der Waals surface area contributed by atoms with E-state index in [1.807, 2.05) is 18.2 Å². The third-order valence-corrected chi connectivity index (χ3v) is 2.90. The fraction of sp³-hybridized carbons (Fsp3) is 0.417. The maximum Gasteiger partial charge on any atom is 0.323 e. The molecule has 0 bridgehead atoms. The summed E-state index contributed by atoms with van der Waals surface area (Å²) in [5.41, 5.74) is 1.21. The molecule has 0 radical (unpaired) electrons. The quantitative estimate of drug-likeness (QED) is 0.802. The van der Waals surface area contributed by atoms with Gasteiger partial charge in [0.1, 0.15) is 6.04 Å². The van der Waals surface area contributed by atoms with Gasteiger partial charge in [-0.15, -0.1) is 12.4 Å². The SMILES string of the molecule is COC(=O)C1NCCC1c1ccccc1.Cl. The minimum atomic E-state index is -0.183. The number of nitrogens with one attached hydrogen (secondary N) is 1. The lowest BCUT2D eigenvalue weighted by Crippen LogP contribution is -2.35. The summed E-state index contributed by atoms with van der Waals surface area (Å²) in [7, 11) is 1.43. The Hall–Kier alpha value is -1.06. The van der Waals surface area contributed by atoms with E-state index in [9.17, 15) is 4.79 Å². The molecule has 1 fully saturated rings. The Morgan fingerprint density at radius 2 is 2.06 bits per heavy atom. The molecule has 2 atom stereocenters. The van der Waals surface area contributed by atoms with Crippen molar-refractivity contribution in [1.82, 2.24) is 5.32 Å². The van der Waals surface area contributed by atoms with Crippen molar-refractivity contribution in [3.05, 3.63) is 35.9 Å². The average Bonchev–Trinajstić information content (AvgIpc) is 2.78. The van der Waals surface area contributed by atoms with Crippen molar-refractivity contribution in [2.24, 2.45) is 0 Å². The molecule has 1 N–H and O–H groups in total. The summed E-state index contributed by atoms with van der Waals surface area (Å²) < 4.78 is 4.78. The Morgan fingerprint density at radius 3 is 2.69 bits per heavy atom. The van der Waals surface area contributed by atoms with E-state index >= 15 is 0 Å². The minimum Gasteiger partial charge on any atom is -0.468 e. The van der Waals surface area contributed by atoms with Crippen LogP contribution in [0, 0.1) is 0 Å². The van der Waals surface area contributed by atoms with Crippen LogP contribution in [0.5, 0.6) is 0 Å². The fourth-order valence-corrected chi connectivity index (χ4v) is 2.14. The van der Waals surface area contributed by atoms with Gasteiger partial charge in [-0.05, 0) is 18.5 Å². The molecule has 2 unspecified atom stereocenters. The Labute approximate surface area is 102 Å². The van der Waals surface area contributed by atoms with Crippen LogP contribution < -0.4 is 5.32 Å². The maximum absolute atomic E-state index is 11.5. The molecule has 16 heavy (non-hydrogen) atoms. The van der Waals surface area contributed by atoms with Gasteiger partial charge in [0.2, 0.25) is 0 Å². The first-order valence-electron chi connectivity index (χ1n) is 5.19. The molecule has 0 aliphatic carbocycles. The zero-order valence-electron chi connectivity index (χ0n) is 9.18. The molecule has 0 spiro atoms. The molecule has 0 saturated carbocycles. The number of ether oxygens (including phenoxy) is 1. The third-order valence-electron chi connectivity index (χ3n) is 2.90. The average molecular weight is 242 g/mol. The number of halogens is 1. The lowest BCUT2D eigenvalue weighted by Gasteiger charge is -2.17. The van der Waals surface area contributed by atoms with Crippen molar-refractivity contribution in [3.8, 4) is 0 Å². The standard InChI is InChI=1S/C12H15NO2.ClH/c1-15-12(14)11-10(7-8-13-11)9-5-3-2-4-6-9;/h2-6,10-11,13H,7-8H2,1H3;1H. The van der Waals surface area contributed by atoms with E-state index in [1.54, 1.807) is 0 Å². The monoisotopic (exact) mass is 241 g/mol. The van der Waals surface area contributed by atoms with E-state index in [0.29, 0.717) is 0 Å². The van der Waals surface area contributed by atoms with Crippen molar-refractivity contribution >= 4 is 18.4 Å². The Bertz CT molecular complexity index is 342. The van der Waals surface area contributed by atoms with Gasteiger partial charge in [-0.1, -0.05) is 30.3 Å². The highest BCUT2D eigenvalue weighted by Crippen LogP contribution is 2.27. The van der Waals surface area contributed by atoms with E-state index in [2.05, 4.69) is 17.4 Å². The Kier molecular flexibility index (Phi) is 4.77. The molecule has 1 heterocycles. The third kappa shape index (κ3) is 2.54.